The molecule has 47 valence electrons. The van der Waals surface area contributed by atoms with Crippen molar-refractivity contribution in [2.45, 2.75) is 13.3 Å². The van der Waals surface area contributed by atoms with Gasteiger partial charge in [-0.3, -0.25) is 10.3 Å². The molecule has 0 aromatic heterocycles. The van der Waals surface area contributed by atoms with Gasteiger partial charge in [0.2, 0.25) is 0 Å². The topological polar surface area (TPSA) is 67.3 Å². The van der Waals surface area contributed by atoms with Gasteiger partial charge >= 0.3 is 0 Å². The van der Waals surface area contributed by atoms with E-state index in [1.54, 1.807) is 6.92 Å². The lowest BCUT2D eigenvalue weighted by molar-refractivity contribution is -0.104. The second-order valence-electron chi connectivity index (χ2n) is 1.15. The normalized spacial score (nSPS) is 9.88. The van der Waals surface area contributed by atoms with Gasteiger partial charge in [0.1, 0.15) is 6.29 Å². The van der Waals surface area contributed by atoms with Gasteiger partial charge in [-0.15, -0.1) is 0 Å². The predicted molar refractivity (Wildman–Crippen MR) is 29.0 cm³/mol. The van der Waals surface area contributed by atoms with E-state index in [1.165, 1.54) is 0 Å². The summed E-state index contributed by atoms with van der Waals surface area (Å²) in [7, 11) is 0. The second-order valence-corrected chi connectivity index (χ2v) is 1.15. The highest BCUT2D eigenvalue weighted by molar-refractivity contribution is 5.65. The molecule has 0 bridgehead atoms. The summed E-state index contributed by atoms with van der Waals surface area (Å²) in [6, 6.07) is 0. The molecule has 0 aliphatic carbocycles. The van der Waals surface area contributed by atoms with E-state index >= 15 is 0 Å². The van der Waals surface area contributed by atoms with Gasteiger partial charge in [-0.1, -0.05) is 6.92 Å². The summed E-state index contributed by atoms with van der Waals surface area (Å²) in [6.07, 6.45) is 2.23. The highest BCUT2D eigenvalue weighted by atomic mass is 16.3. The molecule has 1 radical (unpaired) electrons. The van der Waals surface area contributed by atoms with Crippen LogP contribution in [0.1, 0.15) is 13.3 Å². The molecule has 0 saturated heterocycles. The number of allylic oxidation sites excluding steroid dienone is 2. The summed E-state index contributed by atoms with van der Waals surface area (Å²) < 4.78 is 0. The van der Waals surface area contributed by atoms with Crippen LogP contribution >= 0.6 is 0 Å². The Balaban J connectivity index is 0. The van der Waals surface area contributed by atoms with Crippen molar-refractivity contribution < 1.29 is 15.4 Å². The smallest absolute Gasteiger partial charge is 0.146 e. The Hall–Kier alpha value is -0.830. The molecule has 0 aliphatic heterocycles. The zero-order chi connectivity index (χ0) is 5.70. The van der Waals surface area contributed by atoms with Crippen LogP contribution in [0.4, 0.5) is 0 Å². The summed E-state index contributed by atoms with van der Waals surface area (Å²) in [5, 5.41) is 8.49. The first-order chi connectivity index (χ1) is 3.31. The minimum atomic E-state index is 0. The highest BCUT2D eigenvalue weighted by Crippen LogP contribution is 1.89. The fourth-order valence-corrected chi connectivity index (χ4v) is 0.196. The van der Waals surface area contributed by atoms with Gasteiger partial charge in [-0.2, -0.15) is 0 Å². The van der Waals surface area contributed by atoms with Crippen LogP contribution in [0.25, 0.3) is 0 Å². The van der Waals surface area contributed by atoms with Crippen molar-refractivity contribution in [3.63, 3.8) is 0 Å². The Morgan fingerprint density at radius 2 is 2.25 bits per heavy atom. The van der Waals surface area contributed by atoms with Gasteiger partial charge in [0, 0.05) is 12.5 Å². The summed E-state index contributed by atoms with van der Waals surface area (Å²) in [6.45, 7) is 1.77. The molecular weight excluding hydrogens is 108 g/mol. The van der Waals surface area contributed by atoms with Gasteiger partial charge in [0.15, 0.2) is 0 Å². The number of carbonyl (C=O) groups excluding carboxylic acids is 1. The van der Waals surface area contributed by atoms with Crippen LogP contribution in [0.2, 0.25) is 0 Å². The standard InChI is InChI=1S/C5H8O2.HO/c1-2-5(7)3-4-6;/h3-4,7H,2H2,1H3;1H. The van der Waals surface area contributed by atoms with Gasteiger partial charge < -0.3 is 5.11 Å². The Morgan fingerprint density at radius 3 is 2.38 bits per heavy atom. The molecule has 8 heavy (non-hydrogen) atoms. The van der Waals surface area contributed by atoms with E-state index in [-0.39, 0.29) is 11.2 Å². The molecule has 0 aromatic carbocycles. The molecule has 0 saturated carbocycles. The van der Waals surface area contributed by atoms with E-state index in [0.29, 0.717) is 12.7 Å². The lowest BCUT2D eigenvalue weighted by atomic mass is 10.4. The van der Waals surface area contributed by atoms with Crippen molar-refractivity contribution in [1.29, 1.82) is 0 Å². The zero-order valence-electron chi connectivity index (χ0n) is 4.66. The van der Waals surface area contributed by atoms with Crippen LogP contribution in [0.5, 0.6) is 0 Å². The molecule has 0 aliphatic rings. The van der Waals surface area contributed by atoms with Crippen LogP contribution in [0.15, 0.2) is 11.8 Å². The lowest BCUT2D eigenvalue weighted by Gasteiger charge is -1.84. The minimum Gasteiger partial charge on any atom is -0.512 e. The van der Waals surface area contributed by atoms with Crippen molar-refractivity contribution in [1.82, 2.24) is 0 Å². The van der Waals surface area contributed by atoms with Gasteiger partial charge in [-0.25, -0.2) is 0 Å². The van der Waals surface area contributed by atoms with E-state index < -0.39 is 0 Å². The molecule has 0 spiro atoms. The number of hydrogen-bond acceptors (Lipinski definition) is 2. The summed E-state index contributed by atoms with van der Waals surface area (Å²) in [5.74, 6) is 0.134. The van der Waals surface area contributed by atoms with Gasteiger partial charge in [-0.05, 0) is 0 Å². The molecule has 3 nitrogen and oxygen atoms in total. The van der Waals surface area contributed by atoms with Crippen LogP contribution in [0, 0.1) is 0 Å². The minimum absolute atomic E-state index is 0. The average molecular weight is 117 g/mol. The van der Waals surface area contributed by atoms with Crippen LogP contribution in [-0.4, -0.2) is 16.9 Å². The molecule has 0 heterocycles. The SMILES string of the molecule is CCC(O)=CC=O.[OH]. The maximum absolute atomic E-state index is 9.54. The van der Waals surface area contributed by atoms with E-state index in [0.717, 1.165) is 6.08 Å². The van der Waals surface area contributed by atoms with E-state index in [9.17, 15) is 4.79 Å². The number of hydrogen-bond donors (Lipinski definition) is 2. The fraction of sp³-hybridized carbons (Fsp3) is 0.400. The van der Waals surface area contributed by atoms with Gasteiger partial charge in [0.05, 0.1) is 5.76 Å². The molecule has 0 unspecified atom stereocenters. The van der Waals surface area contributed by atoms with Crippen molar-refractivity contribution in [2.24, 2.45) is 0 Å². The van der Waals surface area contributed by atoms with Crippen molar-refractivity contribution >= 4 is 6.29 Å². The number of rotatable bonds is 2. The Morgan fingerprint density at radius 1 is 1.75 bits per heavy atom. The molecule has 0 amide bonds. The number of aliphatic hydroxyl groups excluding tert-OH is 1. The molecule has 3 heteroatoms. The van der Waals surface area contributed by atoms with Gasteiger partial charge in [0.25, 0.3) is 0 Å². The number of carbonyl (C=O) groups is 1. The molecule has 2 N–H and O–H groups in total. The summed E-state index contributed by atoms with van der Waals surface area (Å²) in [4.78, 5) is 9.54. The Labute approximate surface area is 47.9 Å². The Bertz CT molecular complexity index is 85.7. The third-order valence-electron chi connectivity index (χ3n) is 0.623. The number of aliphatic hydroxyl groups is 1. The monoisotopic (exact) mass is 117 g/mol. The lowest BCUT2D eigenvalue weighted by Crippen LogP contribution is -1.75. The van der Waals surface area contributed by atoms with Crippen LogP contribution in [-0.2, 0) is 4.79 Å². The Kier molecular flexibility index (Phi) is 7.88. The second kappa shape index (κ2) is 6.17. The molecule has 0 rings (SSSR count). The van der Waals surface area contributed by atoms with E-state index in [1.807, 2.05) is 0 Å². The molecule has 0 aromatic rings. The maximum Gasteiger partial charge on any atom is 0.146 e. The number of aldehydes is 1. The highest BCUT2D eigenvalue weighted by Gasteiger charge is 1.80. The zero-order valence-corrected chi connectivity index (χ0v) is 4.66. The van der Waals surface area contributed by atoms with Crippen LogP contribution < -0.4 is 0 Å². The maximum atomic E-state index is 9.54. The molecule has 0 atom stereocenters. The first-order valence-corrected chi connectivity index (χ1v) is 2.14. The largest absolute Gasteiger partial charge is 0.512 e. The quantitative estimate of drug-likeness (QED) is 0.320. The summed E-state index contributed by atoms with van der Waals surface area (Å²) in [5.41, 5.74) is 0. The third kappa shape index (κ3) is 5.17. The third-order valence-corrected chi connectivity index (χ3v) is 0.623. The van der Waals surface area contributed by atoms with Crippen molar-refractivity contribution in [3.05, 3.63) is 11.8 Å². The summed E-state index contributed by atoms with van der Waals surface area (Å²) >= 11 is 0. The van der Waals surface area contributed by atoms with E-state index in [2.05, 4.69) is 0 Å². The molecule has 0 fully saturated rings. The van der Waals surface area contributed by atoms with Crippen molar-refractivity contribution in [3.8, 4) is 0 Å². The first kappa shape index (κ1) is 10.2. The fourth-order valence-electron chi connectivity index (χ4n) is 0.196. The molecular formula is C5H9O3. The van der Waals surface area contributed by atoms with Crippen molar-refractivity contribution in [2.75, 3.05) is 0 Å². The predicted octanol–water partition coefficient (Wildman–Crippen LogP) is 0.860. The first-order valence-electron chi connectivity index (χ1n) is 2.14. The van der Waals surface area contributed by atoms with E-state index in [4.69, 9.17) is 5.11 Å². The average Bonchev–Trinajstić information content (AvgIpc) is 1.68. The van der Waals surface area contributed by atoms with Crippen LogP contribution in [0.3, 0.4) is 0 Å².